The van der Waals surface area contributed by atoms with Crippen molar-refractivity contribution in [1.82, 2.24) is 9.97 Å². The number of rotatable bonds is 5. The molecule has 0 atom stereocenters. The van der Waals surface area contributed by atoms with E-state index in [0.717, 1.165) is 0 Å². The third-order valence-electron chi connectivity index (χ3n) is 1.84. The number of ether oxygens (including phenoxy) is 1. The number of aryl methyl sites for hydroxylation is 1. The van der Waals surface area contributed by atoms with E-state index in [0.29, 0.717) is 0 Å². The lowest BCUT2D eigenvalue weighted by molar-refractivity contribution is -0.148. The van der Waals surface area contributed by atoms with E-state index in [9.17, 15) is 17.6 Å². The highest BCUT2D eigenvalue weighted by atomic mass is 19.3. The Morgan fingerprint density at radius 3 is 2.65 bits per heavy atom. The lowest BCUT2D eigenvalue weighted by atomic mass is 10.3. The van der Waals surface area contributed by atoms with E-state index in [2.05, 4.69) is 14.7 Å². The average molecular weight is 254 g/mol. The molecule has 1 aromatic heterocycles. The van der Waals surface area contributed by atoms with Crippen LogP contribution >= 0.6 is 0 Å². The Bertz CT molecular complexity index is 387. The van der Waals surface area contributed by atoms with Crippen molar-refractivity contribution in [3.05, 3.63) is 17.6 Å². The monoisotopic (exact) mass is 254 g/mol. The van der Waals surface area contributed by atoms with E-state index in [4.69, 9.17) is 5.11 Å². The molecule has 0 aliphatic heterocycles. The Kier molecular flexibility index (Phi) is 4.22. The fourth-order valence-corrected chi connectivity index (χ4v) is 0.935. The molecule has 0 radical (unpaired) electrons. The number of halogens is 4. The molecule has 0 unspecified atom stereocenters. The van der Waals surface area contributed by atoms with Crippen LogP contribution in [0.25, 0.3) is 0 Å². The van der Waals surface area contributed by atoms with Gasteiger partial charge in [-0.15, -0.1) is 0 Å². The Morgan fingerprint density at radius 1 is 1.47 bits per heavy atom. The zero-order valence-electron chi connectivity index (χ0n) is 8.83. The van der Waals surface area contributed by atoms with Crippen LogP contribution in [0.2, 0.25) is 0 Å². The lowest BCUT2D eigenvalue weighted by Gasteiger charge is -2.16. The molecule has 0 fully saturated rings. The summed E-state index contributed by atoms with van der Waals surface area (Å²) in [5, 5.41) is 8.85. The molecule has 0 bridgehead atoms. The van der Waals surface area contributed by atoms with Gasteiger partial charge in [-0.1, -0.05) is 0 Å². The van der Waals surface area contributed by atoms with Crippen molar-refractivity contribution in [2.24, 2.45) is 0 Å². The van der Waals surface area contributed by atoms with Gasteiger partial charge in [-0.2, -0.15) is 13.8 Å². The first-order chi connectivity index (χ1) is 7.86. The second-order valence-corrected chi connectivity index (χ2v) is 3.26. The van der Waals surface area contributed by atoms with E-state index in [1.54, 1.807) is 0 Å². The van der Waals surface area contributed by atoms with Crippen LogP contribution in [0.5, 0.6) is 5.88 Å². The maximum absolute atomic E-state index is 12.6. The molecule has 1 aromatic rings. The molecule has 1 rings (SSSR count). The minimum atomic E-state index is -4.26. The van der Waals surface area contributed by atoms with Gasteiger partial charge >= 0.3 is 12.3 Å². The van der Waals surface area contributed by atoms with Crippen molar-refractivity contribution in [2.45, 2.75) is 25.9 Å². The quantitative estimate of drug-likeness (QED) is 0.810. The fraction of sp³-hybridized carbons (Fsp3) is 0.556. The predicted octanol–water partition coefficient (Wildman–Crippen LogP) is 1.56. The van der Waals surface area contributed by atoms with Crippen LogP contribution in [0.1, 0.15) is 11.4 Å². The van der Waals surface area contributed by atoms with Crippen LogP contribution < -0.4 is 4.74 Å². The molecule has 0 aromatic carbocycles. The van der Waals surface area contributed by atoms with Gasteiger partial charge < -0.3 is 9.84 Å². The highest BCUT2D eigenvalue weighted by Gasteiger charge is 2.42. The van der Waals surface area contributed by atoms with E-state index >= 15 is 0 Å². The van der Waals surface area contributed by atoms with Gasteiger partial charge in [-0.05, 0) is 6.92 Å². The first-order valence-corrected chi connectivity index (χ1v) is 4.59. The third kappa shape index (κ3) is 3.52. The Hall–Kier alpha value is -1.44. The average Bonchev–Trinajstić information content (AvgIpc) is 2.26. The van der Waals surface area contributed by atoms with Crippen LogP contribution in [0, 0.1) is 6.92 Å². The van der Waals surface area contributed by atoms with Crippen molar-refractivity contribution >= 4 is 0 Å². The molecule has 96 valence electrons. The zero-order chi connectivity index (χ0) is 13.1. The summed E-state index contributed by atoms with van der Waals surface area (Å²) in [6.45, 7) is -0.566. The molecular formula is C9H10F4N2O2. The second kappa shape index (κ2) is 5.26. The molecule has 0 amide bonds. The fourth-order valence-electron chi connectivity index (χ4n) is 0.935. The van der Waals surface area contributed by atoms with Gasteiger partial charge in [0.25, 0.3) is 0 Å². The number of aliphatic hydroxyl groups excluding tert-OH is 1. The van der Waals surface area contributed by atoms with Crippen LogP contribution in [-0.2, 0) is 6.61 Å². The van der Waals surface area contributed by atoms with Crippen molar-refractivity contribution < 1.29 is 27.4 Å². The lowest BCUT2D eigenvalue weighted by Crippen LogP contribution is -2.34. The summed E-state index contributed by atoms with van der Waals surface area (Å²) in [5.41, 5.74) is 0.0562. The summed E-state index contributed by atoms with van der Waals surface area (Å²) in [6.07, 6.45) is -2.64. The molecule has 8 heteroatoms. The molecule has 0 aliphatic carbocycles. The minimum Gasteiger partial charge on any atom is -0.471 e. The molecule has 1 heterocycles. The molecule has 1 N–H and O–H groups in total. The van der Waals surface area contributed by atoms with Crippen LogP contribution in [0.15, 0.2) is 6.20 Å². The number of hydrogen-bond acceptors (Lipinski definition) is 4. The Balaban J connectivity index is 2.78. The maximum Gasteiger partial charge on any atom is 0.340 e. The van der Waals surface area contributed by atoms with E-state index < -0.39 is 25.6 Å². The predicted molar refractivity (Wildman–Crippen MR) is 49.1 cm³/mol. The normalized spacial score (nSPS) is 11.9. The van der Waals surface area contributed by atoms with Gasteiger partial charge in [-0.3, -0.25) is 0 Å². The smallest absolute Gasteiger partial charge is 0.340 e. The van der Waals surface area contributed by atoms with Gasteiger partial charge in [0.15, 0.2) is 6.61 Å². The summed E-state index contributed by atoms with van der Waals surface area (Å²) < 4.78 is 53.4. The Morgan fingerprint density at radius 2 is 2.12 bits per heavy atom. The number of alkyl halides is 4. The SMILES string of the molecule is Cc1ncc(CO)c(OCC(F)(F)C(F)F)n1. The first-order valence-electron chi connectivity index (χ1n) is 4.59. The van der Waals surface area contributed by atoms with Crippen molar-refractivity contribution in [2.75, 3.05) is 6.61 Å². The summed E-state index contributed by atoms with van der Waals surface area (Å²) in [7, 11) is 0. The van der Waals surface area contributed by atoms with Gasteiger partial charge in [0.2, 0.25) is 5.88 Å². The van der Waals surface area contributed by atoms with E-state index in [1.165, 1.54) is 13.1 Å². The topological polar surface area (TPSA) is 55.2 Å². The van der Waals surface area contributed by atoms with E-state index in [1.807, 2.05) is 0 Å². The number of nitrogens with zero attached hydrogens (tertiary/aromatic N) is 2. The molecular weight excluding hydrogens is 244 g/mol. The first kappa shape index (κ1) is 13.6. The van der Waals surface area contributed by atoms with Crippen LogP contribution in [0.4, 0.5) is 17.6 Å². The zero-order valence-corrected chi connectivity index (χ0v) is 8.83. The third-order valence-corrected chi connectivity index (χ3v) is 1.84. The van der Waals surface area contributed by atoms with Crippen LogP contribution in [-0.4, -0.2) is 34.0 Å². The summed E-state index contributed by atoms with van der Waals surface area (Å²) >= 11 is 0. The Labute approximate surface area is 94.3 Å². The molecule has 0 aliphatic rings. The van der Waals surface area contributed by atoms with Crippen molar-refractivity contribution in [3.8, 4) is 5.88 Å². The number of aliphatic hydroxyl groups is 1. The molecule has 17 heavy (non-hydrogen) atoms. The molecule has 4 nitrogen and oxygen atoms in total. The van der Waals surface area contributed by atoms with Gasteiger partial charge in [0.05, 0.1) is 12.2 Å². The standard InChI is InChI=1S/C9H10F4N2O2/c1-5-14-2-6(3-16)7(15-5)17-4-9(12,13)8(10)11/h2,8,16H,3-4H2,1H3. The minimum absolute atomic E-state index is 0.0562. The van der Waals surface area contributed by atoms with Gasteiger partial charge in [-0.25, -0.2) is 13.8 Å². The summed E-state index contributed by atoms with van der Waals surface area (Å²) in [6, 6.07) is 0. The summed E-state index contributed by atoms with van der Waals surface area (Å²) in [4.78, 5) is 7.34. The highest BCUT2D eigenvalue weighted by molar-refractivity contribution is 5.22. The summed E-state index contributed by atoms with van der Waals surface area (Å²) in [5.74, 6) is -4.36. The van der Waals surface area contributed by atoms with Gasteiger partial charge in [0.1, 0.15) is 5.82 Å². The second-order valence-electron chi connectivity index (χ2n) is 3.26. The molecule has 0 saturated carbocycles. The van der Waals surface area contributed by atoms with Gasteiger partial charge in [0, 0.05) is 6.20 Å². The maximum atomic E-state index is 12.6. The van der Waals surface area contributed by atoms with Crippen molar-refractivity contribution in [1.29, 1.82) is 0 Å². The number of aromatic nitrogens is 2. The van der Waals surface area contributed by atoms with Crippen LogP contribution in [0.3, 0.4) is 0 Å². The van der Waals surface area contributed by atoms with Crippen molar-refractivity contribution in [3.63, 3.8) is 0 Å². The highest BCUT2D eigenvalue weighted by Crippen LogP contribution is 2.24. The van der Waals surface area contributed by atoms with E-state index in [-0.39, 0.29) is 17.3 Å². The molecule has 0 saturated heterocycles. The largest absolute Gasteiger partial charge is 0.471 e. The molecule has 0 spiro atoms. The number of hydrogen-bond donors (Lipinski definition) is 1.